The molecule has 0 aliphatic carbocycles. The maximum atomic E-state index is 5.25. The van der Waals surface area contributed by atoms with Crippen LogP contribution in [0.1, 0.15) is 13.3 Å². The summed E-state index contributed by atoms with van der Waals surface area (Å²) in [5.74, 6) is 0. The van der Waals surface area contributed by atoms with E-state index in [-0.39, 0.29) is 0 Å². The van der Waals surface area contributed by atoms with Gasteiger partial charge >= 0.3 is 0 Å². The van der Waals surface area contributed by atoms with E-state index in [4.69, 9.17) is 4.74 Å². The molecule has 0 saturated carbocycles. The minimum absolute atomic E-state index is 0.563. The van der Waals surface area contributed by atoms with E-state index in [2.05, 4.69) is 16.7 Å². The van der Waals surface area contributed by atoms with Crippen LogP contribution in [0.15, 0.2) is 0 Å². The van der Waals surface area contributed by atoms with Crippen LogP contribution < -0.4 is 0 Å². The molecule has 2 saturated heterocycles. The molecule has 3 heteroatoms. The van der Waals surface area contributed by atoms with Gasteiger partial charge in [0.05, 0.1) is 12.7 Å². The maximum Gasteiger partial charge on any atom is 0.0936 e. The van der Waals surface area contributed by atoms with Crippen molar-refractivity contribution in [3.05, 3.63) is 0 Å². The Balaban J connectivity index is 1.72. The summed E-state index contributed by atoms with van der Waals surface area (Å²) in [6, 6.07) is 0. The van der Waals surface area contributed by atoms with Crippen LogP contribution in [-0.2, 0) is 4.74 Å². The molecule has 2 fully saturated rings. The monoisotopic (exact) mass is 184 g/mol. The molecule has 2 rings (SSSR count). The predicted octanol–water partition coefficient (Wildman–Crippen LogP) is 0.413. The van der Waals surface area contributed by atoms with Crippen molar-refractivity contribution in [3.63, 3.8) is 0 Å². The van der Waals surface area contributed by atoms with Gasteiger partial charge in [-0.25, -0.2) is 0 Å². The van der Waals surface area contributed by atoms with Gasteiger partial charge in [0.1, 0.15) is 0 Å². The zero-order valence-corrected chi connectivity index (χ0v) is 8.54. The summed E-state index contributed by atoms with van der Waals surface area (Å²) in [5.41, 5.74) is 0. The molecule has 0 N–H and O–H groups in total. The Morgan fingerprint density at radius 1 is 1.15 bits per heavy atom. The second kappa shape index (κ2) is 4.40. The lowest BCUT2D eigenvalue weighted by atomic mass is 10.3. The second-order valence-electron chi connectivity index (χ2n) is 4.04. The van der Waals surface area contributed by atoms with Crippen LogP contribution in [0.25, 0.3) is 0 Å². The van der Waals surface area contributed by atoms with Gasteiger partial charge in [-0.2, -0.15) is 0 Å². The van der Waals surface area contributed by atoms with Crippen LogP contribution in [-0.4, -0.2) is 61.8 Å². The van der Waals surface area contributed by atoms with Crippen LogP contribution in [0.4, 0.5) is 0 Å². The molecule has 0 amide bonds. The topological polar surface area (TPSA) is 19.0 Å². The average Bonchev–Trinajstić information content (AvgIpc) is 2.93. The average molecular weight is 184 g/mol. The summed E-state index contributed by atoms with van der Waals surface area (Å²) in [4.78, 5) is 5.08. The first-order chi connectivity index (χ1) is 6.38. The minimum atomic E-state index is 0.563. The highest BCUT2D eigenvalue weighted by Gasteiger charge is 2.26. The molecular formula is C10H20N2O. The molecular weight excluding hydrogens is 164 g/mol. The third-order valence-electron chi connectivity index (χ3n) is 2.99. The number of hydrogen-bond acceptors (Lipinski definition) is 3. The van der Waals surface area contributed by atoms with Crippen molar-refractivity contribution in [2.75, 3.05) is 45.9 Å². The van der Waals surface area contributed by atoms with Gasteiger partial charge in [-0.05, 0) is 26.1 Å². The summed E-state index contributed by atoms with van der Waals surface area (Å²) in [5, 5.41) is 0. The van der Waals surface area contributed by atoms with Gasteiger partial charge in [0.25, 0.3) is 0 Å². The number of epoxide rings is 1. The fourth-order valence-corrected chi connectivity index (χ4v) is 1.98. The molecule has 1 atom stereocenters. The third kappa shape index (κ3) is 2.93. The van der Waals surface area contributed by atoms with Gasteiger partial charge in [-0.15, -0.1) is 0 Å². The number of likely N-dealkylation sites (N-methyl/N-ethyl adjacent to an activating group) is 1. The van der Waals surface area contributed by atoms with Gasteiger partial charge < -0.3 is 9.64 Å². The molecule has 2 aliphatic rings. The molecule has 0 aromatic carbocycles. The van der Waals surface area contributed by atoms with E-state index in [1.165, 1.54) is 39.1 Å². The number of hydrogen-bond donors (Lipinski definition) is 0. The number of nitrogens with zero attached hydrogens (tertiary/aromatic N) is 2. The summed E-state index contributed by atoms with van der Waals surface area (Å²) in [7, 11) is 0. The first-order valence-electron chi connectivity index (χ1n) is 5.45. The molecule has 0 aromatic rings. The van der Waals surface area contributed by atoms with Gasteiger partial charge in [-0.3, -0.25) is 4.90 Å². The molecule has 2 heterocycles. The second-order valence-corrected chi connectivity index (χ2v) is 4.04. The van der Waals surface area contributed by atoms with E-state index in [1.807, 2.05) is 0 Å². The first kappa shape index (κ1) is 9.44. The van der Waals surface area contributed by atoms with E-state index < -0.39 is 0 Å². The third-order valence-corrected chi connectivity index (χ3v) is 2.99. The zero-order valence-electron chi connectivity index (χ0n) is 8.54. The maximum absolute atomic E-state index is 5.25. The molecule has 0 radical (unpaired) electrons. The van der Waals surface area contributed by atoms with Crippen molar-refractivity contribution in [1.29, 1.82) is 0 Å². The lowest BCUT2D eigenvalue weighted by Crippen LogP contribution is -2.32. The molecule has 3 nitrogen and oxygen atoms in total. The largest absolute Gasteiger partial charge is 0.372 e. The normalized spacial score (nSPS) is 31.6. The Kier molecular flexibility index (Phi) is 3.19. The van der Waals surface area contributed by atoms with E-state index in [9.17, 15) is 0 Å². The number of ether oxygens (including phenoxy) is 1. The molecule has 2 aliphatic heterocycles. The Hall–Kier alpha value is -0.120. The van der Waals surface area contributed by atoms with Crippen LogP contribution in [0, 0.1) is 0 Å². The van der Waals surface area contributed by atoms with E-state index in [0.29, 0.717) is 6.10 Å². The highest BCUT2D eigenvalue weighted by molar-refractivity contribution is 4.77. The van der Waals surface area contributed by atoms with Crippen molar-refractivity contribution in [2.45, 2.75) is 19.4 Å². The van der Waals surface area contributed by atoms with Crippen molar-refractivity contribution in [3.8, 4) is 0 Å². The smallest absolute Gasteiger partial charge is 0.0936 e. The van der Waals surface area contributed by atoms with Crippen molar-refractivity contribution in [1.82, 2.24) is 9.80 Å². The lowest BCUT2D eigenvalue weighted by Gasteiger charge is -2.19. The van der Waals surface area contributed by atoms with Crippen molar-refractivity contribution in [2.24, 2.45) is 0 Å². The van der Waals surface area contributed by atoms with E-state index in [0.717, 1.165) is 13.2 Å². The highest BCUT2D eigenvalue weighted by Crippen LogP contribution is 2.12. The quantitative estimate of drug-likeness (QED) is 0.592. The Morgan fingerprint density at radius 2 is 1.85 bits per heavy atom. The van der Waals surface area contributed by atoms with Crippen LogP contribution in [0.3, 0.4) is 0 Å². The molecule has 13 heavy (non-hydrogen) atoms. The van der Waals surface area contributed by atoms with Gasteiger partial charge in [0.2, 0.25) is 0 Å². The van der Waals surface area contributed by atoms with Crippen LogP contribution in [0.5, 0.6) is 0 Å². The lowest BCUT2D eigenvalue weighted by molar-refractivity contribution is 0.240. The Labute approximate surface area is 80.6 Å². The minimum Gasteiger partial charge on any atom is -0.372 e. The Morgan fingerprint density at radius 3 is 2.54 bits per heavy atom. The Bertz CT molecular complexity index is 159. The van der Waals surface area contributed by atoms with E-state index >= 15 is 0 Å². The predicted molar refractivity (Wildman–Crippen MR) is 52.9 cm³/mol. The number of rotatable bonds is 3. The molecule has 0 aromatic heterocycles. The highest BCUT2D eigenvalue weighted by atomic mass is 16.6. The molecule has 0 bridgehead atoms. The standard InChI is InChI=1S/C10H20N2O/c1-2-11-4-3-5-12(7-6-11)8-10-9-13-10/h10H,2-9H2,1H3. The fraction of sp³-hybridized carbons (Fsp3) is 1.00. The van der Waals surface area contributed by atoms with Crippen LogP contribution in [0.2, 0.25) is 0 Å². The SMILES string of the molecule is CCN1CCCN(CC2CO2)CC1. The van der Waals surface area contributed by atoms with E-state index in [1.54, 1.807) is 0 Å². The summed E-state index contributed by atoms with van der Waals surface area (Å²) in [6.07, 6.45) is 1.88. The summed E-state index contributed by atoms with van der Waals surface area (Å²) >= 11 is 0. The molecule has 76 valence electrons. The van der Waals surface area contributed by atoms with Crippen molar-refractivity contribution >= 4 is 0 Å². The summed E-state index contributed by atoms with van der Waals surface area (Å²) < 4.78 is 5.25. The molecule has 1 unspecified atom stereocenters. The van der Waals surface area contributed by atoms with Crippen LogP contribution >= 0.6 is 0 Å². The van der Waals surface area contributed by atoms with Crippen molar-refractivity contribution < 1.29 is 4.74 Å². The first-order valence-corrected chi connectivity index (χ1v) is 5.45. The van der Waals surface area contributed by atoms with Gasteiger partial charge in [0, 0.05) is 19.6 Å². The molecule has 0 spiro atoms. The fourth-order valence-electron chi connectivity index (χ4n) is 1.98. The zero-order chi connectivity index (χ0) is 9.10. The van der Waals surface area contributed by atoms with Gasteiger partial charge in [-0.1, -0.05) is 6.92 Å². The summed E-state index contributed by atoms with van der Waals surface area (Å²) in [6.45, 7) is 10.6. The van der Waals surface area contributed by atoms with Gasteiger partial charge in [0.15, 0.2) is 0 Å².